The molecular weight excluding hydrogens is 344 g/mol. The van der Waals surface area contributed by atoms with Gasteiger partial charge in [0.15, 0.2) is 0 Å². The van der Waals surface area contributed by atoms with E-state index in [0.717, 1.165) is 44.6 Å². The molecule has 3 aliphatic rings. The summed E-state index contributed by atoms with van der Waals surface area (Å²) in [4.78, 5) is 14.3. The van der Waals surface area contributed by atoms with E-state index in [2.05, 4.69) is 30.1 Å². The molecule has 3 rings (SSSR count). The molecule has 2 aliphatic heterocycles. The van der Waals surface area contributed by atoms with E-state index in [-0.39, 0.29) is 23.3 Å². The number of nitrogens with one attached hydrogen (secondary N) is 1. The number of methoxy groups -OCH3 is 1. The fourth-order valence-corrected chi connectivity index (χ4v) is 3.99. The highest BCUT2D eigenvalue weighted by atomic mass is 16.5. The van der Waals surface area contributed by atoms with Crippen molar-refractivity contribution >= 4 is 5.97 Å². The Bertz CT molecular complexity index is 765. The summed E-state index contributed by atoms with van der Waals surface area (Å²) in [5.41, 5.74) is 1.63. The second-order valence-electron chi connectivity index (χ2n) is 8.13. The zero-order chi connectivity index (χ0) is 19.6. The van der Waals surface area contributed by atoms with Crippen molar-refractivity contribution < 1.29 is 14.3 Å². The summed E-state index contributed by atoms with van der Waals surface area (Å²) in [6, 6.07) is 4.21. The molecule has 0 bridgehead atoms. The topological polar surface area (TPSA) is 98.4 Å². The minimum atomic E-state index is -0.684. The van der Waals surface area contributed by atoms with Crippen molar-refractivity contribution in [2.24, 2.45) is 5.41 Å². The number of allylic oxidation sites excluding steroid dienone is 3. The lowest BCUT2D eigenvalue weighted by atomic mass is 9.72. The summed E-state index contributed by atoms with van der Waals surface area (Å²) in [5.74, 6) is -0.684. The van der Waals surface area contributed by atoms with Gasteiger partial charge >= 0.3 is 5.97 Å². The van der Waals surface area contributed by atoms with E-state index in [9.17, 15) is 15.3 Å². The van der Waals surface area contributed by atoms with Crippen molar-refractivity contribution in [3.05, 3.63) is 22.4 Å². The predicted octanol–water partition coefficient (Wildman–Crippen LogP) is 1.99. The van der Waals surface area contributed by atoms with Gasteiger partial charge in [0, 0.05) is 25.3 Å². The van der Waals surface area contributed by atoms with Crippen LogP contribution in [0.15, 0.2) is 22.4 Å². The first-order valence-corrected chi connectivity index (χ1v) is 9.37. The van der Waals surface area contributed by atoms with Gasteiger partial charge in [0.25, 0.3) is 0 Å². The molecule has 2 heterocycles. The number of esters is 1. The number of ether oxygens (including phenoxy) is 2. The predicted molar refractivity (Wildman–Crippen MR) is 97.8 cm³/mol. The zero-order valence-corrected chi connectivity index (χ0v) is 16.2. The second-order valence-corrected chi connectivity index (χ2v) is 8.13. The summed E-state index contributed by atoms with van der Waals surface area (Å²) in [7, 11) is 1.25. The molecule has 0 amide bonds. The molecule has 0 spiro atoms. The van der Waals surface area contributed by atoms with Crippen molar-refractivity contribution in [3.63, 3.8) is 0 Å². The van der Waals surface area contributed by atoms with E-state index in [0.29, 0.717) is 17.6 Å². The standard InChI is InChI=1S/C20H26N4O3/c1-20(2)8-14(16(11-22)19(25)26-3)15(10-21)17(9-20)24-7-5-13(12-24)27-18-4-6-23-18/h13,18,23H,4-9,12H2,1-3H3/b16-14+. The molecule has 144 valence electrons. The van der Waals surface area contributed by atoms with E-state index >= 15 is 0 Å². The first-order chi connectivity index (χ1) is 12.9. The normalized spacial score (nSPS) is 28.9. The van der Waals surface area contributed by atoms with Gasteiger partial charge in [-0.15, -0.1) is 0 Å². The number of nitrogens with zero attached hydrogens (tertiary/aromatic N) is 3. The van der Waals surface area contributed by atoms with Gasteiger partial charge in [-0.2, -0.15) is 10.5 Å². The smallest absolute Gasteiger partial charge is 0.348 e. The average molecular weight is 370 g/mol. The Morgan fingerprint density at radius 3 is 2.59 bits per heavy atom. The lowest BCUT2D eigenvalue weighted by molar-refractivity contribution is -0.135. The Kier molecular flexibility index (Phi) is 5.55. The maximum Gasteiger partial charge on any atom is 0.348 e. The first kappa shape index (κ1) is 19.4. The monoisotopic (exact) mass is 370 g/mol. The van der Waals surface area contributed by atoms with Crippen LogP contribution in [0, 0.1) is 28.1 Å². The fourth-order valence-electron chi connectivity index (χ4n) is 3.99. The molecule has 2 unspecified atom stereocenters. The zero-order valence-electron chi connectivity index (χ0n) is 16.2. The molecule has 0 saturated carbocycles. The van der Waals surface area contributed by atoms with E-state index < -0.39 is 5.97 Å². The molecule has 7 heteroatoms. The lowest BCUT2D eigenvalue weighted by Gasteiger charge is -2.37. The highest BCUT2D eigenvalue weighted by Crippen LogP contribution is 2.44. The van der Waals surface area contributed by atoms with Crippen LogP contribution in [0.1, 0.15) is 39.5 Å². The van der Waals surface area contributed by atoms with E-state index in [1.807, 2.05) is 6.07 Å². The van der Waals surface area contributed by atoms with Crippen LogP contribution in [-0.2, 0) is 14.3 Å². The van der Waals surface area contributed by atoms with Crippen LogP contribution >= 0.6 is 0 Å². The van der Waals surface area contributed by atoms with Crippen molar-refractivity contribution in [2.75, 3.05) is 26.7 Å². The molecular formula is C20H26N4O3. The van der Waals surface area contributed by atoms with Crippen molar-refractivity contribution in [2.45, 2.75) is 51.9 Å². The highest BCUT2D eigenvalue weighted by molar-refractivity contribution is 5.95. The largest absolute Gasteiger partial charge is 0.465 e. The number of nitriles is 2. The van der Waals surface area contributed by atoms with Gasteiger partial charge in [0.2, 0.25) is 0 Å². The minimum Gasteiger partial charge on any atom is -0.465 e. The molecule has 0 radical (unpaired) electrons. The maximum atomic E-state index is 12.1. The third kappa shape index (κ3) is 4.00. The van der Waals surface area contributed by atoms with Gasteiger partial charge in [-0.3, -0.25) is 5.32 Å². The Labute approximate surface area is 160 Å². The quantitative estimate of drug-likeness (QED) is 0.459. The number of carbonyl (C=O) groups is 1. The van der Waals surface area contributed by atoms with Crippen LogP contribution in [0.4, 0.5) is 0 Å². The minimum absolute atomic E-state index is 0.0648. The van der Waals surface area contributed by atoms with Crippen molar-refractivity contribution in [1.29, 1.82) is 10.5 Å². The van der Waals surface area contributed by atoms with E-state index in [4.69, 9.17) is 9.47 Å². The molecule has 0 aromatic rings. The van der Waals surface area contributed by atoms with Crippen molar-refractivity contribution in [1.82, 2.24) is 10.2 Å². The molecule has 1 aliphatic carbocycles. The van der Waals surface area contributed by atoms with Crippen LogP contribution in [-0.4, -0.2) is 49.9 Å². The van der Waals surface area contributed by atoms with Gasteiger partial charge < -0.3 is 14.4 Å². The van der Waals surface area contributed by atoms with Crippen LogP contribution in [0.5, 0.6) is 0 Å². The third-order valence-electron chi connectivity index (χ3n) is 5.47. The van der Waals surface area contributed by atoms with Crippen LogP contribution in [0.2, 0.25) is 0 Å². The van der Waals surface area contributed by atoms with Gasteiger partial charge in [-0.05, 0) is 36.7 Å². The van der Waals surface area contributed by atoms with Crippen LogP contribution in [0.25, 0.3) is 0 Å². The summed E-state index contributed by atoms with van der Waals surface area (Å²) in [5, 5.41) is 22.6. The summed E-state index contributed by atoms with van der Waals surface area (Å²) in [6.07, 6.45) is 3.44. The Hall–Kier alpha value is -2.35. The number of carbonyl (C=O) groups excluding carboxylic acids is 1. The molecule has 0 aromatic carbocycles. The molecule has 0 aromatic heterocycles. The van der Waals surface area contributed by atoms with E-state index in [1.54, 1.807) is 0 Å². The second kappa shape index (κ2) is 7.72. The summed E-state index contributed by atoms with van der Waals surface area (Å²) < 4.78 is 10.8. The Morgan fingerprint density at radius 2 is 2.04 bits per heavy atom. The highest BCUT2D eigenvalue weighted by Gasteiger charge is 2.38. The lowest BCUT2D eigenvalue weighted by Crippen LogP contribution is -2.47. The number of hydrogen-bond donors (Lipinski definition) is 1. The number of rotatable bonds is 4. The third-order valence-corrected chi connectivity index (χ3v) is 5.47. The SMILES string of the molecule is COC(=O)/C(C#N)=C1\CC(C)(C)CC(N2CCC(OC3CCN3)C2)=C1C#N. The molecule has 27 heavy (non-hydrogen) atoms. The molecule has 7 nitrogen and oxygen atoms in total. The Balaban J connectivity index is 1.93. The average Bonchev–Trinajstić information content (AvgIpc) is 3.06. The molecule has 2 fully saturated rings. The van der Waals surface area contributed by atoms with Crippen LogP contribution < -0.4 is 5.32 Å². The first-order valence-electron chi connectivity index (χ1n) is 9.37. The number of likely N-dealkylation sites (tertiary alicyclic amines) is 1. The van der Waals surface area contributed by atoms with Gasteiger partial charge in [0.05, 0.1) is 18.8 Å². The van der Waals surface area contributed by atoms with Gasteiger partial charge in [-0.25, -0.2) is 4.79 Å². The Morgan fingerprint density at radius 1 is 1.30 bits per heavy atom. The number of hydrogen-bond acceptors (Lipinski definition) is 7. The fraction of sp³-hybridized carbons (Fsp3) is 0.650. The van der Waals surface area contributed by atoms with Gasteiger partial charge in [0.1, 0.15) is 23.9 Å². The molecule has 2 saturated heterocycles. The maximum absolute atomic E-state index is 12.1. The molecule has 2 atom stereocenters. The molecule has 1 N–H and O–H groups in total. The summed E-state index contributed by atoms with van der Waals surface area (Å²) >= 11 is 0. The van der Waals surface area contributed by atoms with Crippen molar-refractivity contribution in [3.8, 4) is 12.1 Å². The van der Waals surface area contributed by atoms with Crippen LogP contribution in [0.3, 0.4) is 0 Å². The van der Waals surface area contributed by atoms with E-state index in [1.165, 1.54) is 7.11 Å². The van der Waals surface area contributed by atoms with Gasteiger partial charge in [-0.1, -0.05) is 13.8 Å². The summed E-state index contributed by atoms with van der Waals surface area (Å²) in [6.45, 7) is 6.71.